The van der Waals surface area contributed by atoms with Crippen molar-refractivity contribution in [2.24, 2.45) is 0 Å². The van der Waals surface area contributed by atoms with E-state index in [9.17, 15) is 0 Å². The van der Waals surface area contributed by atoms with Gasteiger partial charge in [0.15, 0.2) is 0 Å². The molecule has 0 saturated heterocycles. The third-order valence-corrected chi connectivity index (χ3v) is 2.42. The molecule has 0 aromatic carbocycles. The number of ether oxygens (including phenoxy) is 1. The summed E-state index contributed by atoms with van der Waals surface area (Å²) in [4.78, 5) is 8.64. The predicted octanol–water partition coefficient (Wildman–Crippen LogP) is 3.30. The monoisotopic (exact) mass is 240 g/mol. The summed E-state index contributed by atoms with van der Waals surface area (Å²) in [6.45, 7) is 12.0. The molecule has 1 rings (SSSR count). The highest BCUT2D eigenvalue weighted by molar-refractivity contribution is 6.30. The quantitative estimate of drug-likeness (QED) is 0.601. The summed E-state index contributed by atoms with van der Waals surface area (Å²) < 4.78 is 5.45. The van der Waals surface area contributed by atoms with Crippen molar-refractivity contribution >= 4 is 11.6 Å². The molecule has 16 heavy (non-hydrogen) atoms. The van der Waals surface area contributed by atoms with Crippen molar-refractivity contribution in [2.45, 2.75) is 33.1 Å². The first-order valence-electron chi connectivity index (χ1n) is 5.14. The molecule has 0 unspecified atom stereocenters. The normalized spacial score (nSPS) is 11.3. The van der Waals surface area contributed by atoms with Crippen LogP contribution in [0.2, 0.25) is 5.15 Å². The molecule has 0 saturated carbocycles. The van der Waals surface area contributed by atoms with Crippen molar-refractivity contribution in [3.63, 3.8) is 0 Å². The topological polar surface area (TPSA) is 35.0 Å². The summed E-state index contributed by atoms with van der Waals surface area (Å²) in [5, 5.41) is 0.444. The Labute approximate surface area is 102 Å². The zero-order valence-corrected chi connectivity index (χ0v) is 10.9. The number of hydrogen-bond acceptors (Lipinski definition) is 3. The van der Waals surface area contributed by atoms with Crippen molar-refractivity contribution in [1.82, 2.24) is 9.97 Å². The lowest BCUT2D eigenvalue weighted by molar-refractivity contribution is 0.340. The van der Waals surface area contributed by atoms with Crippen LogP contribution >= 0.6 is 11.6 Å². The highest BCUT2D eigenvalue weighted by atomic mass is 35.5. The van der Waals surface area contributed by atoms with Crippen molar-refractivity contribution in [1.29, 1.82) is 0 Å². The summed E-state index contributed by atoms with van der Waals surface area (Å²) in [5.41, 5.74) is 0.611. The molecule has 0 bridgehead atoms. The molecule has 0 spiro atoms. The van der Waals surface area contributed by atoms with Gasteiger partial charge in [0.05, 0.1) is 0 Å². The fourth-order valence-corrected chi connectivity index (χ4v) is 1.24. The van der Waals surface area contributed by atoms with Crippen LogP contribution in [0.4, 0.5) is 0 Å². The lowest BCUT2D eigenvalue weighted by Gasteiger charge is -2.18. The Morgan fingerprint density at radius 1 is 1.38 bits per heavy atom. The van der Waals surface area contributed by atoms with Gasteiger partial charge in [-0.15, -0.1) is 0 Å². The molecule has 0 amide bonds. The van der Waals surface area contributed by atoms with Crippen LogP contribution in [0.15, 0.2) is 12.7 Å². The van der Waals surface area contributed by atoms with Crippen LogP contribution in [0.1, 0.15) is 32.2 Å². The second-order valence-electron chi connectivity index (χ2n) is 4.62. The van der Waals surface area contributed by atoms with Gasteiger partial charge < -0.3 is 4.74 Å². The van der Waals surface area contributed by atoms with Gasteiger partial charge in [0, 0.05) is 11.0 Å². The summed E-state index contributed by atoms with van der Waals surface area (Å²) in [5.74, 6) is 1.21. The first-order valence-corrected chi connectivity index (χ1v) is 5.52. The Morgan fingerprint density at radius 3 is 2.50 bits per heavy atom. The number of hydrogen-bond donors (Lipinski definition) is 0. The van der Waals surface area contributed by atoms with Gasteiger partial charge >= 0.3 is 0 Å². The number of nitrogens with zero attached hydrogens (tertiary/aromatic N) is 2. The van der Waals surface area contributed by atoms with Crippen LogP contribution in [0.25, 0.3) is 0 Å². The van der Waals surface area contributed by atoms with E-state index in [0.717, 1.165) is 5.56 Å². The molecule has 4 heteroatoms. The van der Waals surface area contributed by atoms with Crippen LogP contribution in [0.5, 0.6) is 5.88 Å². The predicted molar refractivity (Wildman–Crippen MR) is 66.2 cm³/mol. The first kappa shape index (κ1) is 13.0. The molecular formula is C12H17ClN2O. The van der Waals surface area contributed by atoms with E-state index in [-0.39, 0.29) is 5.41 Å². The third kappa shape index (κ3) is 2.95. The molecule has 0 fully saturated rings. The van der Waals surface area contributed by atoms with E-state index in [2.05, 4.69) is 16.5 Å². The second kappa shape index (κ2) is 4.83. The molecule has 0 atom stereocenters. The van der Waals surface area contributed by atoms with Crippen LogP contribution < -0.4 is 4.74 Å². The van der Waals surface area contributed by atoms with E-state index in [1.807, 2.05) is 27.7 Å². The number of rotatable bonds is 3. The Morgan fingerprint density at radius 2 is 2.00 bits per heavy atom. The Bertz CT molecular complexity index is 397. The SMILES string of the molecule is C=CCOc1nc(C(C)(C)C)nc(Cl)c1C. The summed E-state index contributed by atoms with van der Waals surface area (Å²) in [7, 11) is 0. The van der Waals surface area contributed by atoms with E-state index in [4.69, 9.17) is 16.3 Å². The summed E-state index contributed by atoms with van der Waals surface area (Å²) in [6, 6.07) is 0. The number of halogens is 1. The van der Waals surface area contributed by atoms with Crippen molar-refractivity contribution < 1.29 is 4.74 Å². The molecule has 1 heterocycles. The van der Waals surface area contributed by atoms with E-state index < -0.39 is 0 Å². The maximum atomic E-state index is 6.05. The van der Waals surface area contributed by atoms with Crippen molar-refractivity contribution in [3.05, 3.63) is 29.2 Å². The second-order valence-corrected chi connectivity index (χ2v) is 4.98. The average Bonchev–Trinajstić information content (AvgIpc) is 2.18. The van der Waals surface area contributed by atoms with Crippen LogP contribution in [-0.2, 0) is 5.41 Å². The minimum atomic E-state index is -0.149. The Hall–Kier alpha value is -1.09. The van der Waals surface area contributed by atoms with E-state index in [0.29, 0.717) is 23.5 Å². The standard InChI is InChI=1S/C12H17ClN2O/c1-6-7-16-10-8(2)9(13)14-11(15-10)12(3,4)5/h6H,1,7H2,2-5H3. The third-order valence-electron chi connectivity index (χ3n) is 2.05. The minimum Gasteiger partial charge on any atom is -0.473 e. The molecule has 0 aliphatic rings. The Balaban J connectivity index is 3.16. The lowest BCUT2D eigenvalue weighted by Crippen LogP contribution is -2.17. The van der Waals surface area contributed by atoms with Gasteiger partial charge in [0.2, 0.25) is 5.88 Å². The van der Waals surface area contributed by atoms with Crippen molar-refractivity contribution in [3.8, 4) is 5.88 Å². The van der Waals surface area contributed by atoms with Gasteiger partial charge in [-0.25, -0.2) is 4.98 Å². The van der Waals surface area contributed by atoms with Gasteiger partial charge in [-0.05, 0) is 6.92 Å². The fourth-order valence-electron chi connectivity index (χ4n) is 1.08. The zero-order valence-electron chi connectivity index (χ0n) is 10.2. The van der Waals surface area contributed by atoms with Crippen LogP contribution in [0, 0.1) is 6.92 Å². The highest BCUT2D eigenvalue weighted by Crippen LogP contribution is 2.27. The largest absolute Gasteiger partial charge is 0.473 e. The Kier molecular flexibility index (Phi) is 3.92. The maximum absolute atomic E-state index is 6.05. The van der Waals surface area contributed by atoms with E-state index >= 15 is 0 Å². The summed E-state index contributed by atoms with van der Waals surface area (Å²) in [6.07, 6.45) is 1.67. The molecular weight excluding hydrogens is 224 g/mol. The fraction of sp³-hybridized carbons (Fsp3) is 0.500. The van der Waals surface area contributed by atoms with Gasteiger partial charge in [-0.1, -0.05) is 45.0 Å². The van der Waals surface area contributed by atoms with Gasteiger partial charge in [-0.3, -0.25) is 0 Å². The smallest absolute Gasteiger partial charge is 0.221 e. The molecule has 0 radical (unpaired) electrons. The molecule has 0 aliphatic heterocycles. The molecule has 1 aromatic heterocycles. The van der Waals surface area contributed by atoms with Gasteiger partial charge in [-0.2, -0.15) is 4.98 Å². The van der Waals surface area contributed by atoms with Crippen LogP contribution in [-0.4, -0.2) is 16.6 Å². The van der Waals surface area contributed by atoms with Crippen LogP contribution in [0.3, 0.4) is 0 Å². The highest BCUT2D eigenvalue weighted by Gasteiger charge is 2.21. The minimum absolute atomic E-state index is 0.149. The maximum Gasteiger partial charge on any atom is 0.221 e. The van der Waals surface area contributed by atoms with Crippen molar-refractivity contribution in [2.75, 3.05) is 6.61 Å². The average molecular weight is 241 g/mol. The molecule has 88 valence electrons. The number of aromatic nitrogens is 2. The molecule has 0 aliphatic carbocycles. The molecule has 3 nitrogen and oxygen atoms in total. The zero-order chi connectivity index (χ0) is 12.3. The lowest BCUT2D eigenvalue weighted by atomic mass is 9.96. The first-order chi connectivity index (χ1) is 7.36. The van der Waals surface area contributed by atoms with Gasteiger partial charge in [0.1, 0.15) is 17.6 Å². The van der Waals surface area contributed by atoms with E-state index in [1.54, 1.807) is 6.08 Å². The molecule has 1 aromatic rings. The van der Waals surface area contributed by atoms with E-state index in [1.165, 1.54) is 0 Å². The summed E-state index contributed by atoms with van der Waals surface area (Å²) >= 11 is 6.05. The molecule has 0 N–H and O–H groups in total. The van der Waals surface area contributed by atoms with Gasteiger partial charge in [0.25, 0.3) is 0 Å².